The number of anilines is 1. The first-order valence-electron chi connectivity index (χ1n) is 8.64. The van der Waals surface area contributed by atoms with Crippen LogP contribution in [0.15, 0.2) is 60.7 Å². The number of aromatic nitrogens is 1. The molecule has 1 amide bonds. The van der Waals surface area contributed by atoms with Gasteiger partial charge in [-0.2, -0.15) is 0 Å². The minimum atomic E-state index is -0.237. The van der Waals surface area contributed by atoms with Gasteiger partial charge in [0, 0.05) is 22.8 Å². The predicted molar refractivity (Wildman–Crippen MR) is 113 cm³/mol. The third kappa shape index (κ3) is 4.35. The third-order valence-electron chi connectivity index (χ3n) is 4.26. The second kappa shape index (κ2) is 8.05. The summed E-state index contributed by atoms with van der Waals surface area (Å²) in [5.74, 6) is -0.237. The maximum absolute atomic E-state index is 12.6. The number of carbonyl (C=O) groups is 1. The molecule has 0 aliphatic rings. The van der Waals surface area contributed by atoms with E-state index in [2.05, 4.69) is 20.7 Å². The van der Waals surface area contributed by atoms with Crippen LogP contribution in [0.2, 0.25) is 0 Å². The average molecular weight is 379 g/mol. The molecule has 3 rings (SSSR count). The van der Waals surface area contributed by atoms with Gasteiger partial charge in [-0.15, -0.1) is 0 Å². The van der Waals surface area contributed by atoms with Crippen molar-refractivity contribution in [3.63, 3.8) is 0 Å². The molecule has 3 N–H and O–H groups in total. The van der Waals surface area contributed by atoms with Crippen LogP contribution in [0, 0.1) is 20.8 Å². The molecule has 1 aromatic heterocycles. The molecule has 2 aromatic carbocycles. The molecule has 27 heavy (non-hydrogen) atoms. The number of carbonyl (C=O) groups excluding carboxylic acids is 1. The zero-order valence-corrected chi connectivity index (χ0v) is 16.4. The second-order valence-corrected chi connectivity index (χ2v) is 6.77. The molecule has 0 unspecified atom stereocenters. The van der Waals surface area contributed by atoms with Crippen LogP contribution in [0.3, 0.4) is 0 Å². The molecule has 5 nitrogen and oxygen atoms in total. The highest BCUT2D eigenvalue weighted by atomic mass is 32.1. The summed E-state index contributed by atoms with van der Waals surface area (Å²) in [6, 6.07) is 19.7. The Balaban J connectivity index is 1.67. The van der Waals surface area contributed by atoms with E-state index in [4.69, 9.17) is 12.2 Å². The molecule has 0 spiro atoms. The first-order chi connectivity index (χ1) is 13.0. The van der Waals surface area contributed by atoms with Gasteiger partial charge in [0.2, 0.25) is 0 Å². The topological polar surface area (TPSA) is 58.1 Å². The Morgan fingerprint density at radius 2 is 1.67 bits per heavy atom. The van der Waals surface area contributed by atoms with Gasteiger partial charge in [-0.25, -0.2) is 0 Å². The largest absolute Gasteiger partial charge is 0.331 e. The highest BCUT2D eigenvalue weighted by molar-refractivity contribution is 7.80. The van der Waals surface area contributed by atoms with Gasteiger partial charge in [0.25, 0.3) is 5.91 Å². The van der Waals surface area contributed by atoms with Gasteiger partial charge in [0.15, 0.2) is 5.11 Å². The van der Waals surface area contributed by atoms with Crippen LogP contribution in [0.1, 0.15) is 27.3 Å². The van der Waals surface area contributed by atoms with E-state index < -0.39 is 0 Å². The molecule has 0 radical (unpaired) electrons. The van der Waals surface area contributed by atoms with Gasteiger partial charge in [-0.3, -0.25) is 15.6 Å². The van der Waals surface area contributed by atoms with Gasteiger partial charge in [0.1, 0.15) is 0 Å². The molecule has 1 heterocycles. The Hall–Kier alpha value is -3.12. The molecular formula is C21H22N4OS. The molecule has 0 saturated carbocycles. The summed E-state index contributed by atoms with van der Waals surface area (Å²) < 4.78 is 2.05. The highest BCUT2D eigenvalue weighted by Crippen LogP contribution is 2.20. The summed E-state index contributed by atoms with van der Waals surface area (Å²) >= 11 is 5.25. The summed E-state index contributed by atoms with van der Waals surface area (Å²) in [7, 11) is 0. The number of amides is 1. The summed E-state index contributed by atoms with van der Waals surface area (Å²) in [5.41, 5.74) is 10.9. The standard InChI is InChI=1S/C21H22N4OS/c1-14-8-7-9-17(12-14)22-21(27)24-23-20(26)19-13-15(2)25(16(19)3)18-10-5-4-6-11-18/h4-13H,1-3H3,(H,23,26)(H2,22,24,27). The number of thiocarbonyl (C=S) groups is 1. The van der Waals surface area contributed by atoms with E-state index in [0.29, 0.717) is 10.7 Å². The smallest absolute Gasteiger partial charge is 0.271 e. The molecule has 138 valence electrons. The van der Waals surface area contributed by atoms with Crippen LogP contribution < -0.4 is 16.2 Å². The van der Waals surface area contributed by atoms with Crippen molar-refractivity contribution in [2.75, 3.05) is 5.32 Å². The van der Waals surface area contributed by atoms with Crippen molar-refractivity contribution < 1.29 is 4.79 Å². The predicted octanol–water partition coefficient (Wildman–Crippen LogP) is 4.03. The van der Waals surface area contributed by atoms with Crippen molar-refractivity contribution in [2.45, 2.75) is 20.8 Å². The number of benzene rings is 2. The van der Waals surface area contributed by atoms with Crippen molar-refractivity contribution in [3.05, 3.63) is 83.2 Å². The van der Waals surface area contributed by atoms with Crippen LogP contribution in [0.5, 0.6) is 0 Å². The van der Waals surface area contributed by atoms with E-state index in [1.54, 1.807) is 0 Å². The van der Waals surface area contributed by atoms with Gasteiger partial charge in [-0.1, -0.05) is 30.3 Å². The van der Waals surface area contributed by atoms with E-state index in [0.717, 1.165) is 28.3 Å². The van der Waals surface area contributed by atoms with E-state index in [1.165, 1.54) is 0 Å². The lowest BCUT2D eigenvalue weighted by atomic mass is 10.2. The zero-order valence-electron chi connectivity index (χ0n) is 15.5. The van der Waals surface area contributed by atoms with Gasteiger partial charge in [-0.05, 0) is 68.9 Å². The summed E-state index contributed by atoms with van der Waals surface area (Å²) in [4.78, 5) is 12.6. The van der Waals surface area contributed by atoms with Crippen molar-refractivity contribution >= 4 is 28.9 Å². The monoisotopic (exact) mass is 378 g/mol. The Bertz CT molecular complexity index is 979. The Morgan fingerprint density at radius 1 is 0.926 bits per heavy atom. The lowest BCUT2D eigenvalue weighted by Crippen LogP contribution is -2.43. The molecular weight excluding hydrogens is 356 g/mol. The van der Waals surface area contributed by atoms with Gasteiger partial charge in [0.05, 0.1) is 5.56 Å². The summed E-state index contributed by atoms with van der Waals surface area (Å²) in [5, 5.41) is 3.37. The lowest BCUT2D eigenvalue weighted by molar-refractivity contribution is 0.0943. The fraction of sp³-hybridized carbons (Fsp3) is 0.143. The minimum absolute atomic E-state index is 0.237. The SMILES string of the molecule is Cc1cccc(NC(=S)NNC(=O)c2cc(C)n(-c3ccccc3)c2C)c1. The molecule has 0 saturated heterocycles. The molecule has 0 fully saturated rings. The average Bonchev–Trinajstić information content (AvgIpc) is 2.95. The van der Waals surface area contributed by atoms with E-state index in [1.807, 2.05) is 81.4 Å². The van der Waals surface area contributed by atoms with Crippen LogP contribution >= 0.6 is 12.2 Å². The molecule has 0 aliphatic heterocycles. The number of hydrogen-bond acceptors (Lipinski definition) is 2. The second-order valence-electron chi connectivity index (χ2n) is 6.36. The maximum atomic E-state index is 12.6. The van der Waals surface area contributed by atoms with Crippen LogP contribution in [-0.2, 0) is 0 Å². The minimum Gasteiger partial charge on any atom is -0.331 e. The van der Waals surface area contributed by atoms with Crippen molar-refractivity contribution in [1.82, 2.24) is 15.4 Å². The number of para-hydroxylation sites is 1. The lowest BCUT2D eigenvalue weighted by Gasteiger charge is -2.12. The number of rotatable bonds is 3. The molecule has 0 aliphatic carbocycles. The van der Waals surface area contributed by atoms with Crippen LogP contribution in [0.4, 0.5) is 5.69 Å². The maximum Gasteiger partial charge on any atom is 0.271 e. The van der Waals surface area contributed by atoms with E-state index in [-0.39, 0.29) is 5.91 Å². The van der Waals surface area contributed by atoms with Crippen molar-refractivity contribution in [2.24, 2.45) is 0 Å². The molecule has 0 atom stereocenters. The van der Waals surface area contributed by atoms with E-state index in [9.17, 15) is 4.79 Å². The Labute approximate surface area is 164 Å². The number of nitrogens with one attached hydrogen (secondary N) is 3. The third-order valence-corrected chi connectivity index (χ3v) is 4.46. The Morgan fingerprint density at radius 3 is 2.37 bits per heavy atom. The van der Waals surface area contributed by atoms with E-state index >= 15 is 0 Å². The number of hydrazine groups is 1. The number of hydrogen-bond donors (Lipinski definition) is 3. The van der Waals surface area contributed by atoms with Crippen molar-refractivity contribution in [3.8, 4) is 5.69 Å². The fourth-order valence-electron chi connectivity index (χ4n) is 3.03. The molecule has 0 bridgehead atoms. The van der Waals surface area contributed by atoms with Gasteiger partial charge >= 0.3 is 0 Å². The van der Waals surface area contributed by atoms with Crippen LogP contribution in [0.25, 0.3) is 5.69 Å². The normalized spacial score (nSPS) is 10.3. The number of nitrogens with zero attached hydrogens (tertiary/aromatic N) is 1. The van der Waals surface area contributed by atoms with Gasteiger partial charge < -0.3 is 9.88 Å². The molecule has 3 aromatic rings. The first-order valence-corrected chi connectivity index (χ1v) is 9.05. The quantitative estimate of drug-likeness (QED) is 0.476. The van der Waals surface area contributed by atoms with Crippen molar-refractivity contribution in [1.29, 1.82) is 0 Å². The fourth-order valence-corrected chi connectivity index (χ4v) is 3.20. The summed E-state index contributed by atoms with van der Waals surface area (Å²) in [6.45, 7) is 5.91. The zero-order chi connectivity index (χ0) is 19.4. The van der Waals surface area contributed by atoms with Crippen LogP contribution in [-0.4, -0.2) is 15.6 Å². The summed E-state index contributed by atoms with van der Waals surface area (Å²) in [6.07, 6.45) is 0. The first kappa shape index (κ1) is 18.7. The highest BCUT2D eigenvalue weighted by Gasteiger charge is 2.16. The Kier molecular flexibility index (Phi) is 5.57. The number of aryl methyl sites for hydroxylation is 2. The molecule has 6 heteroatoms.